The fraction of sp³-hybridized carbons (Fsp3) is 0.231. The summed E-state index contributed by atoms with van der Waals surface area (Å²) in [5.74, 6) is -1.24. The highest BCUT2D eigenvalue weighted by molar-refractivity contribution is 9.10. The van der Waals surface area contributed by atoms with Crippen molar-refractivity contribution in [3.8, 4) is 0 Å². The van der Waals surface area contributed by atoms with Crippen molar-refractivity contribution in [1.29, 1.82) is 0 Å². The van der Waals surface area contributed by atoms with Gasteiger partial charge in [-0.1, -0.05) is 0 Å². The summed E-state index contributed by atoms with van der Waals surface area (Å²) in [7, 11) is 0. The smallest absolute Gasteiger partial charge is 0.395 e. The third-order valence-corrected chi connectivity index (χ3v) is 3.55. The quantitative estimate of drug-likeness (QED) is 0.787. The summed E-state index contributed by atoms with van der Waals surface area (Å²) >= 11 is 2.99. The fourth-order valence-electron chi connectivity index (χ4n) is 1.85. The molecule has 1 aliphatic heterocycles. The normalized spacial score (nSPS) is 15.3. The third kappa shape index (κ3) is 3.30. The number of amides is 2. The number of benzene rings is 1. The lowest BCUT2D eigenvalue weighted by molar-refractivity contribution is -0.138. The number of hydrogen-bond donors (Lipinski definition) is 2. The van der Waals surface area contributed by atoms with E-state index in [0.717, 1.165) is 29.2 Å². The highest BCUT2D eigenvalue weighted by atomic mass is 79.9. The number of alkyl halides is 3. The van der Waals surface area contributed by atoms with Gasteiger partial charge >= 0.3 is 6.18 Å². The van der Waals surface area contributed by atoms with Crippen molar-refractivity contribution in [2.24, 2.45) is 0 Å². The van der Waals surface area contributed by atoms with Crippen LogP contribution >= 0.6 is 15.9 Å². The average molecular weight is 379 g/mol. The highest BCUT2D eigenvalue weighted by Gasteiger charge is 2.32. The Labute approximate surface area is 131 Å². The van der Waals surface area contributed by atoms with Crippen LogP contribution < -0.4 is 5.32 Å². The van der Waals surface area contributed by atoms with Gasteiger partial charge in [-0.15, -0.1) is 0 Å². The number of β-amino-alcohol motifs (C(OH)–C–C–N with tert-alkyl or cyclic N) is 1. The first-order valence-electron chi connectivity index (χ1n) is 6.06. The van der Waals surface area contributed by atoms with Crippen LogP contribution in [0.25, 0.3) is 0 Å². The van der Waals surface area contributed by atoms with Gasteiger partial charge in [0.05, 0.1) is 24.4 Å². The van der Waals surface area contributed by atoms with Crippen molar-refractivity contribution in [2.45, 2.75) is 6.18 Å². The minimum Gasteiger partial charge on any atom is -0.395 e. The molecule has 2 amide bonds. The molecule has 1 aromatic carbocycles. The standard InChI is InChI=1S/C13H10BrF3N2O3/c14-8-5-7(13(15,16)17)1-2-9(8)18-10-6-11(21)19(3-4-20)12(10)22/h1-2,5-6,18,20H,3-4H2. The molecule has 0 saturated heterocycles. The maximum absolute atomic E-state index is 12.6. The number of carbonyl (C=O) groups excluding carboxylic acids is 2. The lowest BCUT2D eigenvalue weighted by atomic mass is 10.2. The molecule has 0 aliphatic carbocycles. The molecule has 0 spiro atoms. The lowest BCUT2D eigenvalue weighted by Crippen LogP contribution is -2.34. The van der Waals surface area contributed by atoms with Crippen molar-refractivity contribution >= 4 is 33.4 Å². The first-order valence-corrected chi connectivity index (χ1v) is 6.85. The van der Waals surface area contributed by atoms with Gasteiger partial charge in [-0.3, -0.25) is 14.5 Å². The van der Waals surface area contributed by atoms with Crippen molar-refractivity contribution < 1.29 is 27.9 Å². The fourth-order valence-corrected chi connectivity index (χ4v) is 2.33. The number of halogens is 4. The van der Waals surface area contributed by atoms with Crippen LogP contribution in [0.4, 0.5) is 18.9 Å². The van der Waals surface area contributed by atoms with Crippen LogP contribution in [0.3, 0.4) is 0 Å². The van der Waals surface area contributed by atoms with E-state index in [9.17, 15) is 22.8 Å². The average Bonchev–Trinajstić information content (AvgIpc) is 2.68. The van der Waals surface area contributed by atoms with Gasteiger partial charge in [0.1, 0.15) is 5.70 Å². The van der Waals surface area contributed by atoms with E-state index in [2.05, 4.69) is 21.2 Å². The second-order valence-electron chi connectivity index (χ2n) is 4.39. The number of rotatable bonds is 4. The van der Waals surface area contributed by atoms with Gasteiger partial charge in [0.15, 0.2) is 0 Å². The lowest BCUT2D eigenvalue weighted by Gasteiger charge is -2.14. The SMILES string of the molecule is O=C1C=C(Nc2ccc(C(F)(F)F)cc2Br)C(=O)N1CCO. The van der Waals surface area contributed by atoms with E-state index in [-0.39, 0.29) is 29.0 Å². The molecule has 0 bridgehead atoms. The molecule has 9 heteroatoms. The molecule has 5 nitrogen and oxygen atoms in total. The predicted octanol–water partition coefficient (Wildman–Crippen LogP) is 2.12. The summed E-state index contributed by atoms with van der Waals surface area (Å²) in [6, 6.07) is 2.89. The summed E-state index contributed by atoms with van der Waals surface area (Å²) in [5, 5.41) is 11.4. The predicted molar refractivity (Wildman–Crippen MR) is 74.7 cm³/mol. The Morgan fingerprint density at radius 3 is 2.50 bits per heavy atom. The van der Waals surface area contributed by atoms with Crippen molar-refractivity contribution in [2.75, 3.05) is 18.5 Å². The van der Waals surface area contributed by atoms with E-state index in [4.69, 9.17) is 5.11 Å². The molecule has 0 radical (unpaired) electrons. The Hall–Kier alpha value is -1.87. The van der Waals surface area contributed by atoms with Crippen molar-refractivity contribution in [3.63, 3.8) is 0 Å². The van der Waals surface area contributed by atoms with Crippen LogP contribution in [0.15, 0.2) is 34.4 Å². The Kier molecular flexibility index (Phi) is 4.57. The number of imide groups is 1. The van der Waals surface area contributed by atoms with E-state index in [1.807, 2.05) is 0 Å². The molecule has 0 saturated carbocycles. The third-order valence-electron chi connectivity index (χ3n) is 2.90. The number of nitrogens with one attached hydrogen (secondary N) is 1. The number of aliphatic hydroxyl groups is 1. The molecule has 2 N–H and O–H groups in total. The molecule has 0 fully saturated rings. The molecule has 0 atom stereocenters. The highest BCUT2D eigenvalue weighted by Crippen LogP contribution is 2.34. The molecule has 1 heterocycles. The second-order valence-corrected chi connectivity index (χ2v) is 5.25. The van der Waals surface area contributed by atoms with Crippen LogP contribution in [0.5, 0.6) is 0 Å². The van der Waals surface area contributed by atoms with E-state index >= 15 is 0 Å². The van der Waals surface area contributed by atoms with E-state index in [1.54, 1.807) is 0 Å². The van der Waals surface area contributed by atoms with Gasteiger partial charge in [0.25, 0.3) is 11.8 Å². The van der Waals surface area contributed by atoms with E-state index < -0.39 is 23.6 Å². The molecule has 0 aromatic heterocycles. The van der Waals surface area contributed by atoms with Gasteiger partial charge in [0.2, 0.25) is 0 Å². The largest absolute Gasteiger partial charge is 0.416 e. The number of aliphatic hydroxyl groups excluding tert-OH is 1. The van der Waals surface area contributed by atoms with Crippen LogP contribution in [-0.2, 0) is 15.8 Å². The van der Waals surface area contributed by atoms with Crippen LogP contribution in [-0.4, -0.2) is 35.0 Å². The maximum Gasteiger partial charge on any atom is 0.416 e. The molecular weight excluding hydrogens is 369 g/mol. The maximum atomic E-state index is 12.6. The van der Waals surface area contributed by atoms with Gasteiger partial charge in [0, 0.05) is 10.5 Å². The van der Waals surface area contributed by atoms with Gasteiger partial charge in [-0.05, 0) is 34.1 Å². The molecule has 0 unspecified atom stereocenters. The number of nitrogens with zero attached hydrogens (tertiary/aromatic N) is 1. The van der Waals surface area contributed by atoms with E-state index in [0.29, 0.717) is 0 Å². The molecule has 1 aliphatic rings. The zero-order valence-electron chi connectivity index (χ0n) is 10.9. The summed E-state index contributed by atoms with van der Waals surface area (Å²) in [6.45, 7) is -0.518. The van der Waals surface area contributed by atoms with E-state index in [1.165, 1.54) is 0 Å². The van der Waals surface area contributed by atoms with Gasteiger partial charge in [-0.25, -0.2) is 0 Å². The monoisotopic (exact) mass is 378 g/mol. The Morgan fingerprint density at radius 1 is 1.27 bits per heavy atom. The Balaban J connectivity index is 2.20. The zero-order valence-corrected chi connectivity index (χ0v) is 12.5. The van der Waals surface area contributed by atoms with Gasteiger partial charge in [-0.2, -0.15) is 13.2 Å². The first kappa shape index (κ1) is 16.5. The number of anilines is 1. The second kappa shape index (κ2) is 6.09. The molecule has 2 rings (SSSR count). The molecule has 118 valence electrons. The zero-order chi connectivity index (χ0) is 16.5. The minimum absolute atomic E-state index is 0.0705. The van der Waals surface area contributed by atoms with Crippen molar-refractivity contribution in [1.82, 2.24) is 4.90 Å². The summed E-state index contributed by atoms with van der Waals surface area (Å²) < 4.78 is 37.8. The Bertz CT molecular complexity index is 658. The van der Waals surface area contributed by atoms with Crippen LogP contribution in [0.2, 0.25) is 0 Å². The summed E-state index contributed by atoms with van der Waals surface area (Å²) in [5.41, 5.74) is -0.695. The van der Waals surface area contributed by atoms with Crippen LogP contribution in [0.1, 0.15) is 5.56 Å². The number of carbonyl (C=O) groups is 2. The molecule has 22 heavy (non-hydrogen) atoms. The molecular formula is C13H10BrF3N2O3. The molecule has 1 aromatic rings. The summed E-state index contributed by atoms with van der Waals surface area (Å²) in [4.78, 5) is 24.3. The topological polar surface area (TPSA) is 69.6 Å². The van der Waals surface area contributed by atoms with Gasteiger partial charge < -0.3 is 10.4 Å². The van der Waals surface area contributed by atoms with Crippen LogP contribution in [0, 0.1) is 0 Å². The minimum atomic E-state index is -4.47. The number of hydrogen-bond acceptors (Lipinski definition) is 4. The van der Waals surface area contributed by atoms with Crippen molar-refractivity contribution in [3.05, 3.63) is 40.0 Å². The summed E-state index contributed by atoms with van der Waals surface area (Å²) in [6.07, 6.45) is -3.44. The Morgan fingerprint density at radius 2 is 1.95 bits per heavy atom. The first-order chi connectivity index (χ1) is 10.2.